The average molecular weight is 390 g/mol. The van der Waals surface area contributed by atoms with Crippen LogP contribution in [0, 0.1) is 0 Å². The topological polar surface area (TPSA) is 54.0 Å². The smallest absolute Gasteiger partial charge is 0.258 e. The number of ether oxygens (including phenoxy) is 2. The Morgan fingerprint density at radius 3 is 2.33 bits per heavy atom. The fourth-order valence-electron chi connectivity index (χ4n) is 3.38. The number of likely N-dealkylation sites (N-methyl/N-ethyl adjacent to an activating group) is 1. The summed E-state index contributed by atoms with van der Waals surface area (Å²) in [6, 6.07) is 9.73. The van der Waals surface area contributed by atoms with Crippen molar-refractivity contribution in [3.63, 3.8) is 0 Å². The van der Waals surface area contributed by atoms with Crippen LogP contribution in [0.25, 0.3) is 0 Å². The Morgan fingerprint density at radius 1 is 1.11 bits per heavy atom. The second-order valence-electron chi connectivity index (χ2n) is 6.62. The lowest BCUT2D eigenvalue weighted by atomic mass is 10.1. The number of carbonyl (C=O) groups excluding carboxylic acids is 1. The number of amides is 1. The van der Waals surface area contributed by atoms with Gasteiger partial charge >= 0.3 is 0 Å². The van der Waals surface area contributed by atoms with E-state index < -0.39 is 0 Å². The van der Waals surface area contributed by atoms with Gasteiger partial charge in [-0.3, -0.25) is 9.69 Å². The quantitative estimate of drug-likeness (QED) is 0.789. The van der Waals surface area contributed by atoms with Gasteiger partial charge < -0.3 is 19.7 Å². The standard InChI is InChI=1S/C20H27N3O3S/c1-22-9-11-23(12-10-22)15(18-8-5-13-27-18)14-21-20(24)19-16(25-2)6-4-7-17(19)26-3/h4-8,13,15H,9-12,14H2,1-3H3,(H,21,24). The summed E-state index contributed by atoms with van der Waals surface area (Å²) in [6.45, 7) is 4.61. The maximum absolute atomic E-state index is 12.9. The van der Waals surface area contributed by atoms with Crippen LogP contribution in [0.4, 0.5) is 0 Å². The highest BCUT2D eigenvalue weighted by atomic mass is 32.1. The molecule has 2 aromatic rings. The van der Waals surface area contributed by atoms with Gasteiger partial charge in [-0.2, -0.15) is 0 Å². The molecule has 1 saturated heterocycles. The zero-order valence-corrected chi connectivity index (χ0v) is 16.9. The first kappa shape index (κ1) is 19.7. The zero-order valence-electron chi connectivity index (χ0n) is 16.1. The predicted molar refractivity (Wildman–Crippen MR) is 108 cm³/mol. The number of carbonyl (C=O) groups is 1. The maximum Gasteiger partial charge on any atom is 0.258 e. The third-order valence-corrected chi connectivity index (χ3v) is 5.93. The van der Waals surface area contributed by atoms with Gasteiger partial charge in [-0.25, -0.2) is 0 Å². The van der Waals surface area contributed by atoms with Gasteiger partial charge in [0.05, 0.1) is 20.3 Å². The van der Waals surface area contributed by atoms with Crippen molar-refractivity contribution in [2.24, 2.45) is 0 Å². The number of rotatable bonds is 7. The van der Waals surface area contributed by atoms with Crippen LogP contribution < -0.4 is 14.8 Å². The van der Waals surface area contributed by atoms with Crippen molar-refractivity contribution in [1.29, 1.82) is 0 Å². The fourth-order valence-corrected chi connectivity index (χ4v) is 4.24. The summed E-state index contributed by atoms with van der Waals surface area (Å²) >= 11 is 1.73. The van der Waals surface area contributed by atoms with Gasteiger partial charge in [0, 0.05) is 37.6 Å². The second-order valence-corrected chi connectivity index (χ2v) is 7.60. The molecule has 1 N–H and O–H groups in total. The fraction of sp³-hybridized carbons (Fsp3) is 0.450. The highest BCUT2D eigenvalue weighted by Crippen LogP contribution is 2.29. The van der Waals surface area contributed by atoms with Crippen LogP contribution in [-0.4, -0.2) is 69.7 Å². The molecule has 146 valence electrons. The number of nitrogens with one attached hydrogen (secondary N) is 1. The van der Waals surface area contributed by atoms with Crippen molar-refractivity contribution >= 4 is 17.2 Å². The SMILES string of the molecule is COc1cccc(OC)c1C(=O)NCC(c1cccs1)N1CCN(C)CC1. The molecule has 7 heteroatoms. The molecule has 1 aliphatic rings. The molecule has 1 fully saturated rings. The Labute approximate surface area is 164 Å². The molecule has 1 aromatic heterocycles. The number of nitrogens with zero attached hydrogens (tertiary/aromatic N) is 2. The molecular formula is C20H27N3O3S. The van der Waals surface area contributed by atoms with Gasteiger partial charge in [-0.05, 0) is 30.6 Å². The monoisotopic (exact) mass is 389 g/mol. The van der Waals surface area contributed by atoms with E-state index in [2.05, 4.69) is 39.7 Å². The summed E-state index contributed by atoms with van der Waals surface area (Å²) < 4.78 is 10.7. The molecule has 3 rings (SSSR count). The van der Waals surface area contributed by atoms with Crippen molar-refractivity contribution in [1.82, 2.24) is 15.1 Å². The van der Waals surface area contributed by atoms with Gasteiger partial charge in [0.25, 0.3) is 5.91 Å². The van der Waals surface area contributed by atoms with Crippen molar-refractivity contribution < 1.29 is 14.3 Å². The minimum atomic E-state index is -0.181. The minimum Gasteiger partial charge on any atom is -0.496 e. The normalized spacial score (nSPS) is 16.7. The zero-order chi connectivity index (χ0) is 19.2. The van der Waals surface area contributed by atoms with E-state index in [1.807, 2.05) is 6.07 Å². The van der Waals surface area contributed by atoms with Crippen molar-refractivity contribution in [2.75, 3.05) is 54.0 Å². The highest BCUT2D eigenvalue weighted by Gasteiger charge is 2.26. The van der Waals surface area contributed by atoms with Crippen molar-refractivity contribution in [3.05, 3.63) is 46.2 Å². The van der Waals surface area contributed by atoms with Gasteiger partial charge in [0.15, 0.2) is 0 Å². The molecule has 0 spiro atoms. The van der Waals surface area contributed by atoms with E-state index in [9.17, 15) is 4.79 Å². The third kappa shape index (κ3) is 4.61. The molecule has 1 aliphatic heterocycles. The number of piperazine rings is 1. The molecule has 0 bridgehead atoms. The Bertz CT molecular complexity index is 721. The Morgan fingerprint density at radius 2 is 1.78 bits per heavy atom. The lowest BCUT2D eigenvalue weighted by molar-refractivity contribution is 0.0885. The molecule has 0 radical (unpaired) electrons. The van der Waals surface area contributed by atoms with E-state index in [1.54, 1.807) is 37.7 Å². The molecule has 2 heterocycles. The number of methoxy groups -OCH3 is 2. The summed E-state index contributed by atoms with van der Waals surface area (Å²) in [5, 5.41) is 5.18. The molecular weight excluding hydrogens is 362 g/mol. The number of benzene rings is 1. The minimum absolute atomic E-state index is 0.170. The van der Waals surface area contributed by atoms with Gasteiger partial charge in [0.2, 0.25) is 0 Å². The Hall–Kier alpha value is -2.09. The first-order valence-corrected chi connectivity index (χ1v) is 9.97. The van der Waals surface area contributed by atoms with Gasteiger partial charge in [-0.1, -0.05) is 12.1 Å². The van der Waals surface area contributed by atoms with Crippen LogP contribution in [0.3, 0.4) is 0 Å². The van der Waals surface area contributed by atoms with Crippen LogP contribution in [0.5, 0.6) is 11.5 Å². The van der Waals surface area contributed by atoms with E-state index in [0.717, 1.165) is 26.2 Å². The van der Waals surface area contributed by atoms with E-state index in [-0.39, 0.29) is 11.9 Å². The van der Waals surface area contributed by atoms with Crippen LogP contribution in [0.1, 0.15) is 21.3 Å². The first-order valence-electron chi connectivity index (χ1n) is 9.09. The lowest BCUT2D eigenvalue weighted by Gasteiger charge is -2.37. The molecule has 1 aromatic carbocycles. The molecule has 6 nitrogen and oxygen atoms in total. The summed E-state index contributed by atoms with van der Waals surface area (Å²) in [5.74, 6) is 0.846. The predicted octanol–water partition coefficient (Wildman–Crippen LogP) is 2.48. The van der Waals surface area contributed by atoms with E-state index >= 15 is 0 Å². The van der Waals surface area contributed by atoms with Gasteiger partial charge in [-0.15, -0.1) is 11.3 Å². The van der Waals surface area contributed by atoms with E-state index in [4.69, 9.17) is 9.47 Å². The molecule has 1 unspecified atom stereocenters. The molecule has 0 saturated carbocycles. The lowest BCUT2D eigenvalue weighted by Crippen LogP contribution is -2.48. The van der Waals surface area contributed by atoms with Crippen molar-refractivity contribution in [3.8, 4) is 11.5 Å². The first-order chi connectivity index (χ1) is 13.1. The molecule has 27 heavy (non-hydrogen) atoms. The van der Waals surface area contributed by atoms with Gasteiger partial charge in [0.1, 0.15) is 17.1 Å². The van der Waals surface area contributed by atoms with E-state index in [0.29, 0.717) is 23.6 Å². The number of hydrogen-bond donors (Lipinski definition) is 1. The molecule has 1 amide bonds. The summed E-state index contributed by atoms with van der Waals surface area (Å²) in [6.07, 6.45) is 0. The maximum atomic E-state index is 12.9. The third-order valence-electron chi connectivity index (χ3n) is 4.96. The molecule has 0 aliphatic carbocycles. The van der Waals surface area contributed by atoms with Crippen LogP contribution >= 0.6 is 11.3 Å². The Balaban J connectivity index is 1.75. The summed E-state index contributed by atoms with van der Waals surface area (Å²) in [7, 11) is 5.27. The highest BCUT2D eigenvalue weighted by molar-refractivity contribution is 7.10. The van der Waals surface area contributed by atoms with Crippen LogP contribution in [-0.2, 0) is 0 Å². The largest absolute Gasteiger partial charge is 0.496 e. The van der Waals surface area contributed by atoms with E-state index in [1.165, 1.54) is 4.88 Å². The number of thiophene rings is 1. The van der Waals surface area contributed by atoms with Crippen LogP contribution in [0.2, 0.25) is 0 Å². The molecule has 1 atom stereocenters. The second kappa shape index (κ2) is 9.21. The number of hydrogen-bond acceptors (Lipinski definition) is 6. The summed E-state index contributed by atoms with van der Waals surface area (Å²) in [5.41, 5.74) is 0.436. The Kier molecular flexibility index (Phi) is 6.71. The average Bonchev–Trinajstić information content (AvgIpc) is 3.23. The van der Waals surface area contributed by atoms with Crippen LogP contribution in [0.15, 0.2) is 35.7 Å². The van der Waals surface area contributed by atoms with Crippen molar-refractivity contribution in [2.45, 2.75) is 6.04 Å². The summed E-state index contributed by atoms with van der Waals surface area (Å²) in [4.78, 5) is 19.0.